The molecular weight excluding hydrogens is 360 g/mol. The maximum absolute atomic E-state index is 12.4. The van der Waals surface area contributed by atoms with Crippen LogP contribution in [0.1, 0.15) is 52.4 Å². The van der Waals surface area contributed by atoms with Gasteiger partial charge in [0.15, 0.2) is 5.16 Å². The molecule has 1 fully saturated rings. The van der Waals surface area contributed by atoms with Gasteiger partial charge in [-0.25, -0.2) is 9.78 Å². The molecule has 1 saturated carbocycles. The van der Waals surface area contributed by atoms with Crippen molar-refractivity contribution in [3.63, 3.8) is 0 Å². The number of amides is 3. The van der Waals surface area contributed by atoms with Gasteiger partial charge in [0, 0.05) is 12.6 Å². The second kappa shape index (κ2) is 9.26. The highest BCUT2D eigenvalue weighted by Gasteiger charge is 2.26. The minimum Gasteiger partial charge on any atom is -0.335 e. The van der Waals surface area contributed by atoms with Crippen molar-refractivity contribution in [1.29, 1.82) is 0 Å². The number of hydrogen-bond donors (Lipinski definition) is 2. The summed E-state index contributed by atoms with van der Waals surface area (Å²) in [5.41, 5.74) is 2.03. The first-order valence-corrected chi connectivity index (χ1v) is 10.7. The largest absolute Gasteiger partial charge is 0.335 e. The van der Waals surface area contributed by atoms with Gasteiger partial charge in [-0.15, -0.1) is 0 Å². The number of thioether (sulfide) groups is 1. The Kier molecular flexibility index (Phi) is 6.77. The van der Waals surface area contributed by atoms with Gasteiger partial charge in [0.1, 0.15) is 0 Å². The number of carbonyl (C=O) groups excluding carboxylic acids is 2. The summed E-state index contributed by atoms with van der Waals surface area (Å²) in [6.45, 7) is 4.90. The Labute approximate surface area is 164 Å². The maximum Gasteiger partial charge on any atom is 0.321 e. The van der Waals surface area contributed by atoms with E-state index in [0.717, 1.165) is 42.0 Å². The van der Waals surface area contributed by atoms with Gasteiger partial charge < -0.3 is 9.88 Å². The number of nitrogens with zero attached hydrogens (tertiary/aromatic N) is 2. The van der Waals surface area contributed by atoms with E-state index in [1.54, 1.807) is 0 Å². The van der Waals surface area contributed by atoms with Crippen LogP contribution in [0.4, 0.5) is 4.79 Å². The molecule has 0 saturated heterocycles. The molecule has 0 radical (unpaired) electrons. The van der Waals surface area contributed by atoms with Crippen LogP contribution in [0.25, 0.3) is 11.0 Å². The van der Waals surface area contributed by atoms with E-state index >= 15 is 0 Å². The monoisotopic (exact) mass is 388 g/mol. The Morgan fingerprint density at radius 3 is 2.78 bits per heavy atom. The van der Waals surface area contributed by atoms with Gasteiger partial charge in [0.25, 0.3) is 0 Å². The van der Waals surface area contributed by atoms with Crippen molar-refractivity contribution in [2.75, 3.05) is 0 Å². The molecule has 1 aliphatic rings. The molecule has 0 spiro atoms. The van der Waals surface area contributed by atoms with Crippen molar-refractivity contribution in [3.05, 3.63) is 24.3 Å². The van der Waals surface area contributed by atoms with Crippen molar-refractivity contribution >= 4 is 34.7 Å². The minimum atomic E-state index is -0.402. The van der Waals surface area contributed by atoms with E-state index in [0.29, 0.717) is 0 Å². The third-order valence-corrected chi connectivity index (χ3v) is 5.75. The molecule has 1 unspecified atom stereocenters. The third-order valence-electron chi connectivity index (χ3n) is 4.66. The Bertz CT molecular complexity index is 800. The highest BCUT2D eigenvalue weighted by atomic mass is 32.2. The topological polar surface area (TPSA) is 76.0 Å². The molecule has 6 nitrogen and oxygen atoms in total. The Balaban J connectivity index is 1.66. The lowest BCUT2D eigenvalue weighted by molar-refractivity contribution is -0.119. The predicted octanol–water partition coefficient (Wildman–Crippen LogP) is 4.09. The van der Waals surface area contributed by atoms with Gasteiger partial charge in [-0.2, -0.15) is 0 Å². The van der Waals surface area contributed by atoms with Crippen LogP contribution >= 0.6 is 11.8 Å². The fourth-order valence-electron chi connectivity index (χ4n) is 2.93. The number of benzene rings is 1. The van der Waals surface area contributed by atoms with E-state index in [-0.39, 0.29) is 11.9 Å². The van der Waals surface area contributed by atoms with Crippen molar-refractivity contribution in [1.82, 2.24) is 20.2 Å². The van der Waals surface area contributed by atoms with Crippen molar-refractivity contribution < 1.29 is 9.59 Å². The number of fused-ring (bicyclic) bond motifs is 1. The Morgan fingerprint density at radius 2 is 2.04 bits per heavy atom. The number of nitrogens with one attached hydrogen (secondary N) is 2. The summed E-state index contributed by atoms with van der Waals surface area (Å²) in [5, 5.41) is 5.64. The normalized spacial score (nSPS) is 14.9. The zero-order valence-corrected chi connectivity index (χ0v) is 16.8. The van der Waals surface area contributed by atoms with Gasteiger partial charge in [0.2, 0.25) is 5.91 Å². The highest BCUT2D eigenvalue weighted by molar-refractivity contribution is 8.00. The molecule has 146 valence electrons. The number of aryl methyl sites for hydroxylation is 1. The summed E-state index contributed by atoms with van der Waals surface area (Å²) < 4.78 is 2.20. The van der Waals surface area contributed by atoms with Crippen molar-refractivity contribution in [2.24, 2.45) is 0 Å². The average molecular weight is 389 g/mol. The number of para-hydroxylation sites is 2. The Hall–Kier alpha value is -2.02. The number of imide groups is 1. The lowest BCUT2D eigenvalue weighted by atomic mass is 10.2. The van der Waals surface area contributed by atoms with Gasteiger partial charge >= 0.3 is 6.03 Å². The summed E-state index contributed by atoms with van der Waals surface area (Å²) in [5.74, 6) is -0.289. The summed E-state index contributed by atoms with van der Waals surface area (Å²) >= 11 is 1.40. The molecule has 1 heterocycles. The number of imidazole rings is 1. The second-order valence-corrected chi connectivity index (χ2v) is 8.40. The highest BCUT2D eigenvalue weighted by Crippen LogP contribution is 2.28. The third kappa shape index (κ3) is 5.48. The van der Waals surface area contributed by atoms with Crippen LogP contribution < -0.4 is 10.6 Å². The van der Waals surface area contributed by atoms with E-state index in [1.165, 1.54) is 31.0 Å². The molecule has 1 aromatic carbocycles. The van der Waals surface area contributed by atoms with Gasteiger partial charge in [0.05, 0.1) is 16.3 Å². The molecule has 2 aromatic rings. The number of aromatic nitrogens is 2. The predicted molar refractivity (Wildman–Crippen MR) is 109 cm³/mol. The molecule has 3 amide bonds. The number of carbonyl (C=O) groups is 2. The fraction of sp³-hybridized carbons (Fsp3) is 0.550. The molecule has 0 aliphatic heterocycles. The first-order chi connectivity index (χ1) is 13.1. The molecule has 2 N–H and O–H groups in total. The zero-order valence-electron chi connectivity index (χ0n) is 16.0. The number of hydrogen-bond acceptors (Lipinski definition) is 4. The average Bonchev–Trinajstić information content (AvgIpc) is 3.39. The fourth-order valence-corrected chi connectivity index (χ4v) is 3.88. The van der Waals surface area contributed by atoms with Crippen LogP contribution in [0.3, 0.4) is 0 Å². The van der Waals surface area contributed by atoms with Crippen molar-refractivity contribution in [3.8, 4) is 0 Å². The standard InChI is InChI=1S/C20H28N4O2S/c1-3-4-5-8-13-24-17-10-7-6-9-16(17)22-20(24)27-14(2)18(25)23-19(26)21-15-11-12-15/h6-7,9-10,14-15H,3-5,8,11-13H2,1-2H3,(H2,21,23,25,26). The number of unbranched alkanes of at least 4 members (excludes halogenated alkanes) is 3. The van der Waals surface area contributed by atoms with E-state index < -0.39 is 11.3 Å². The SMILES string of the molecule is CCCCCCn1c(SC(C)C(=O)NC(=O)NC2CC2)nc2ccccc21. The summed E-state index contributed by atoms with van der Waals surface area (Å²) in [6.07, 6.45) is 6.69. The summed E-state index contributed by atoms with van der Waals surface area (Å²) in [7, 11) is 0. The van der Waals surface area contributed by atoms with Crippen LogP contribution in [-0.4, -0.2) is 32.8 Å². The lowest BCUT2D eigenvalue weighted by Crippen LogP contribution is -2.43. The lowest BCUT2D eigenvalue weighted by Gasteiger charge is -2.13. The van der Waals surface area contributed by atoms with E-state index in [4.69, 9.17) is 4.98 Å². The van der Waals surface area contributed by atoms with E-state index in [9.17, 15) is 9.59 Å². The zero-order chi connectivity index (χ0) is 19.2. The van der Waals surface area contributed by atoms with E-state index in [2.05, 4.69) is 28.2 Å². The van der Waals surface area contributed by atoms with Crippen LogP contribution in [0.15, 0.2) is 29.4 Å². The van der Waals surface area contributed by atoms with Crippen LogP contribution in [0.2, 0.25) is 0 Å². The van der Waals surface area contributed by atoms with E-state index in [1.807, 2.05) is 25.1 Å². The van der Waals surface area contributed by atoms with Gasteiger partial charge in [-0.1, -0.05) is 50.1 Å². The van der Waals surface area contributed by atoms with Gasteiger partial charge in [-0.05, 0) is 38.3 Å². The molecule has 7 heteroatoms. The maximum atomic E-state index is 12.4. The van der Waals surface area contributed by atoms with Gasteiger partial charge in [-0.3, -0.25) is 10.1 Å². The molecular formula is C20H28N4O2S. The quantitative estimate of drug-likeness (QED) is 0.501. The van der Waals surface area contributed by atoms with Crippen LogP contribution in [0, 0.1) is 0 Å². The second-order valence-electron chi connectivity index (χ2n) is 7.09. The molecule has 3 rings (SSSR count). The first kappa shape index (κ1) is 19.7. The molecule has 1 aliphatic carbocycles. The van der Waals surface area contributed by atoms with Crippen LogP contribution in [-0.2, 0) is 11.3 Å². The minimum absolute atomic E-state index is 0.230. The summed E-state index contributed by atoms with van der Waals surface area (Å²) in [4.78, 5) is 28.9. The number of rotatable bonds is 9. The first-order valence-electron chi connectivity index (χ1n) is 9.81. The van der Waals surface area contributed by atoms with Crippen LogP contribution in [0.5, 0.6) is 0 Å². The molecule has 1 aromatic heterocycles. The number of urea groups is 1. The molecule has 1 atom stereocenters. The summed E-state index contributed by atoms with van der Waals surface area (Å²) in [6, 6.07) is 7.88. The molecule has 0 bridgehead atoms. The Morgan fingerprint density at radius 1 is 1.26 bits per heavy atom. The smallest absolute Gasteiger partial charge is 0.321 e. The molecule has 27 heavy (non-hydrogen) atoms. The van der Waals surface area contributed by atoms with Crippen molar-refractivity contribution in [2.45, 2.75) is 75.4 Å².